The quantitative estimate of drug-likeness (QED) is 0.864. The standard InChI is InChI=1S/C12H12BrN3O/c1-16-11(7-5-14-6-7)15-10-4-8(13)2-3-9(10)12(16)17/h2-4,7,14H,5-6H2,1H3. The zero-order valence-electron chi connectivity index (χ0n) is 9.40. The highest BCUT2D eigenvalue weighted by Crippen LogP contribution is 2.20. The van der Waals surface area contributed by atoms with Crippen molar-refractivity contribution in [1.29, 1.82) is 0 Å². The van der Waals surface area contributed by atoms with Gasteiger partial charge in [-0.15, -0.1) is 0 Å². The van der Waals surface area contributed by atoms with Crippen LogP contribution in [0.5, 0.6) is 0 Å². The molecule has 0 radical (unpaired) electrons. The van der Waals surface area contributed by atoms with Crippen molar-refractivity contribution in [3.63, 3.8) is 0 Å². The molecule has 0 spiro atoms. The molecule has 88 valence electrons. The maximum absolute atomic E-state index is 12.2. The van der Waals surface area contributed by atoms with Gasteiger partial charge in [0.25, 0.3) is 5.56 Å². The highest BCUT2D eigenvalue weighted by molar-refractivity contribution is 9.10. The van der Waals surface area contributed by atoms with E-state index in [-0.39, 0.29) is 5.56 Å². The molecule has 0 saturated carbocycles. The smallest absolute Gasteiger partial charge is 0.261 e. The molecule has 0 unspecified atom stereocenters. The molecule has 1 aliphatic heterocycles. The molecule has 0 aliphatic carbocycles. The lowest BCUT2D eigenvalue weighted by atomic mass is 10.0. The van der Waals surface area contributed by atoms with Crippen molar-refractivity contribution in [1.82, 2.24) is 14.9 Å². The molecule has 5 heteroatoms. The van der Waals surface area contributed by atoms with E-state index >= 15 is 0 Å². The minimum Gasteiger partial charge on any atom is -0.315 e. The van der Waals surface area contributed by atoms with Gasteiger partial charge in [-0.25, -0.2) is 4.98 Å². The summed E-state index contributed by atoms with van der Waals surface area (Å²) < 4.78 is 2.62. The lowest BCUT2D eigenvalue weighted by molar-refractivity contribution is 0.416. The minimum absolute atomic E-state index is 0.0319. The fourth-order valence-corrected chi connectivity index (χ4v) is 2.45. The number of hydrogen-bond acceptors (Lipinski definition) is 3. The van der Waals surface area contributed by atoms with E-state index < -0.39 is 0 Å². The van der Waals surface area contributed by atoms with Crippen molar-refractivity contribution >= 4 is 26.8 Å². The summed E-state index contributed by atoms with van der Waals surface area (Å²) in [6, 6.07) is 5.58. The zero-order chi connectivity index (χ0) is 12.0. The average Bonchev–Trinajstić information content (AvgIpc) is 2.22. The predicted octanol–water partition coefficient (Wildman–Crippen LogP) is 1.38. The van der Waals surface area contributed by atoms with Crippen LogP contribution in [-0.4, -0.2) is 22.6 Å². The van der Waals surface area contributed by atoms with Crippen LogP contribution in [0.3, 0.4) is 0 Å². The van der Waals surface area contributed by atoms with E-state index in [9.17, 15) is 4.79 Å². The lowest BCUT2D eigenvalue weighted by Crippen LogP contribution is -2.43. The normalized spacial score (nSPS) is 16.1. The second-order valence-electron chi connectivity index (χ2n) is 4.35. The molecule has 4 nitrogen and oxygen atoms in total. The van der Waals surface area contributed by atoms with E-state index in [1.807, 2.05) is 18.2 Å². The van der Waals surface area contributed by atoms with Crippen molar-refractivity contribution in [2.75, 3.05) is 13.1 Å². The number of nitrogens with zero attached hydrogens (tertiary/aromatic N) is 2. The van der Waals surface area contributed by atoms with Gasteiger partial charge in [0.2, 0.25) is 0 Å². The van der Waals surface area contributed by atoms with Crippen molar-refractivity contribution < 1.29 is 0 Å². The summed E-state index contributed by atoms with van der Waals surface area (Å²) in [5.41, 5.74) is 0.800. The van der Waals surface area contributed by atoms with E-state index in [4.69, 9.17) is 0 Å². The number of aromatic nitrogens is 2. The highest BCUT2D eigenvalue weighted by Gasteiger charge is 2.23. The summed E-state index contributed by atoms with van der Waals surface area (Å²) in [5.74, 6) is 1.23. The molecular formula is C12H12BrN3O. The lowest BCUT2D eigenvalue weighted by Gasteiger charge is -2.27. The van der Waals surface area contributed by atoms with Gasteiger partial charge in [0.15, 0.2) is 0 Å². The first-order valence-electron chi connectivity index (χ1n) is 5.54. The summed E-state index contributed by atoms with van der Waals surface area (Å²) in [6.45, 7) is 1.81. The first kappa shape index (κ1) is 10.9. The third-order valence-corrected chi connectivity index (χ3v) is 3.71. The average molecular weight is 294 g/mol. The molecule has 0 amide bonds. The summed E-state index contributed by atoms with van der Waals surface area (Å²) in [4.78, 5) is 16.8. The maximum atomic E-state index is 12.2. The monoisotopic (exact) mass is 293 g/mol. The molecule has 1 fully saturated rings. The Kier molecular flexibility index (Phi) is 2.52. The molecule has 2 aromatic rings. The Bertz CT molecular complexity index is 646. The molecule has 3 rings (SSSR count). The van der Waals surface area contributed by atoms with Gasteiger partial charge >= 0.3 is 0 Å². The second-order valence-corrected chi connectivity index (χ2v) is 5.27. The van der Waals surface area contributed by atoms with Crippen LogP contribution in [0.4, 0.5) is 0 Å². The summed E-state index contributed by atoms with van der Waals surface area (Å²) >= 11 is 3.41. The molecular weight excluding hydrogens is 282 g/mol. The van der Waals surface area contributed by atoms with E-state index in [0.717, 1.165) is 28.9 Å². The van der Waals surface area contributed by atoms with E-state index in [1.54, 1.807) is 11.6 Å². The van der Waals surface area contributed by atoms with Gasteiger partial charge in [-0.3, -0.25) is 9.36 Å². The number of benzene rings is 1. The Morgan fingerprint density at radius 2 is 2.24 bits per heavy atom. The van der Waals surface area contributed by atoms with Gasteiger partial charge in [0.1, 0.15) is 5.82 Å². The van der Waals surface area contributed by atoms with Gasteiger partial charge < -0.3 is 5.32 Å². The van der Waals surface area contributed by atoms with Crippen LogP contribution in [-0.2, 0) is 7.05 Å². The number of halogens is 1. The van der Waals surface area contributed by atoms with Crippen molar-refractivity contribution in [3.8, 4) is 0 Å². The van der Waals surface area contributed by atoms with Gasteiger partial charge in [0.05, 0.1) is 10.9 Å². The van der Waals surface area contributed by atoms with E-state index in [1.165, 1.54) is 0 Å². The zero-order valence-corrected chi connectivity index (χ0v) is 11.0. The van der Waals surface area contributed by atoms with Crippen LogP contribution >= 0.6 is 15.9 Å². The van der Waals surface area contributed by atoms with Gasteiger partial charge in [-0.05, 0) is 18.2 Å². The minimum atomic E-state index is 0.0319. The van der Waals surface area contributed by atoms with Crippen LogP contribution in [0.25, 0.3) is 10.9 Å². The number of rotatable bonds is 1. The number of nitrogens with one attached hydrogen (secondary N) is 1. The molecule has 1 saturated heterocycles. The maximum Gasteiger partial charge on any atom is 0.261 e. The first-order valence-corrected chi connectivity index (χ1v) is 6.33. The SMILES string of the molecule is Cn1c(C2CNC2)nc2cc(Br)ccc2c1=O. The van der Waals surface area contributed by atoms with E-state index in [0.29, 0.717) is 11.3 Å². The fourth-order valence-electron chi connectivity index (χ4n) is 2.10. The molecule has 1 N–H and O–H groups in total. The van der Waals surface area contributed by atoms with Gasteiger partial charge in [-0.2, -0.15) is 0 Å². The third kappa shape index (κ3) is 1.70. The van der Waals surface area contributed by atoms with Crippen molar-refractivity contribution in [2.45, 2.75) is 5.92 Å². The second kappa shape index (κ2) is 3.92. The number of hydrogen-bond donors (Lipinski definition) is 1. The van der Waals surface area contributed by atoms with Crippen LogP contribution in [0.1, 0.15) is 11.7 Å². The Morgan fingerprint density at radius 3 is 2.88 bits per heavy atom. The highest BCUT2D eigenvalue weighted by atomic mass is 79.9. The Labute approximate surface area is 107 Å². The Hall–Kier alpha value is -1.20. The molecule has 0 bridgehead atoms. The molecule has 1 aromatic heterocycles. The van der Waals surface area contributed by atoms with Gasteiger partial charge in [0, 0.05) is 30.5 Å². The topological polar surface area (TPSA) is 46.9 Å². The molecule has 2 heterocycles. The molecule has 17 heavy (non-hydrogen) atoms. The third-order valence-electron chi connectivity index (χ3n) is 3.22. The van der Waals surface area contributed by atoms with Crippen LogP contribution in [0, 0.1) is 0 Å². The van der Waals surface area contributed by atoms with Crippen molar-refractivity contribution in [3.05, 3.63) is 38.9 Å². The number of fused-ring (bicyclic) bond motifs is 1. The molecule has 1 aliphatic rings. The largest absolute Gasteiger partial charge is 0.315 e. The fraction of sp³-hybridized carbons (Fsp3) is 0.333. The molecule has 1 aromatic carbocycles. The first-order chi connectivity index (χ1) is 8.16. The molecule has 0 atom stereocenters. The van der Waals surface area contributed by atoms with Crippen LogP contribution in [0.15, 0.2) is 27.5 Å². The summed E-state index contributed by atoms with van der Waals surface area (Å²) in [7, 11) is 1.80. The summed E-state index contributed by atoms with van der Waals surface area (Å²) in [6.07, 6.45) is 0. The van der Waals surface area contributed by atoms with E-state index in [2.05, 4.69) is 26.2 Å². The van der Waals surface area contributed by atoms with Crippen LogP contribution in [0.2, 0.25) is 0 Å². The summed E-state index contributed by atoms with van der Waals surface area (Å²) in [5, 5.41) is 3.87. The van der Waals surface area contributed by atoms with Crippen LogP contribution < -0.4 is 10.9 Å². The Morgan fingerprint density at radius 1 is 1.47 bits per heavy atom. The van der Waals surface area contributed by atoms with Crippen molar-refractivity contribution in [2.24, 2.45) is 7.05 Å². The van der Waals surface area contributed by atoms with Gasteiger partial charge in [-0.1, -0.05) is 15.9 Å². The predicted molar refractivity (Wildman–Crippen MR) is 70.3 cm³/mol. The Balaban J connectivity index is 2.30.